The van der Waals surface area contributed by atoms with Gasteiger partial charge in [0.05, 0.1) is 19.7 Å². The number of hydrogen-bond acceptors (Lipinski definition) is 4. The van der Waals surface area contributed by atoms with Gasteiger partial charge in [0.15, 0.2) is 0 Å². The summed E-state index contributed by atoms with van der Waals surface area (Å²) in [6.45, 7) is 4.05. The fourth-order valence-electron chi connectivity index (χ4n) is 1.99. The van der Waals surface area contributed by atoms with Crippen LogP contribution in [-0.4, -0.2) is 25.8 Å². The molecule has 0 fully saturated rings. The van der Waals surface area contributed by atoms with Crippen LogP contribution in [0.2, 0.25) is 0 Å². The van der Waals surface area contributed by atoms with Gasteiger partial charge < -0.3 is 9.47 Å². The molecule has 0 atom stereocenters. The molecule has 1 N–H and O–H groups in total. The Kier molecular flexibility index (Phi) is 6.58. The Morgan fingerprint density at radius 3 is 2.71 bits per heavy atom. The Morgan fingerprint density at radius 1 is 1.21 bits per heavy atom. The van der Waals surface area contributed by atoms with Crippen molar-refractivity contribution in [2.45, 2.75) is 6.42 Å². The Hall–Kier alpha value is -3.08. The number of nitrogens with zero attached hydrogens (tertiary/aromatic N) is 1. The molecular formula is C19H20N2O3. The summed E-state index contributed by atoms with van der Waals surface area (Å²) in [5, 5.41) is 3.97. The van der Waals surface area contributed by atoms with Crippen LogP contribution in [-0.2, 0) is 11.2 Å². The third-order valence-electron chi connectivity index (χ3n) is 3.15. The number of ether oxygens (including phenoxy) is 2. The molecule has 0 aliphatic heterocycles. The van der Waals surface area contributed by atoms with Gasteiger partial charge in [-0.2, -0.15) is 5.10 Å². The number of carbonyl (C=O) groups is 1. The lowest BCUT2D eigenvalue weighted by atomic mass is 10.1. The van der Waals surface area contributed by atoms with E-state index < -0.39 is 0 Å². The van der Waals surface area contributed by atoms with Crippen LogP contribution >= 0.6 is 0 Å². The fourth-order valence-corrected chi connectivity index (χ4v) is 1.99. The number of rotatable bonds is 8. The lowest BCUT2D eigenvalue weighted by Gasteiger charge is -2.04. The molecule has 0 aromatic heterocycles. The first-order valence-corrected chi connectivity index (χ1v) is 7.50. The normalized spacial score (nSPS) is 10.4. The number of hydrogen-bond donors (Lipinski definition) is 1. The number of amides is 1. The van der Waals surface area contributed by atoms with E-state index in [9.17, 15) is 4.79 Å². The van der Waals surface area contributed by atoms with Gasteiger partial charge in [-0.1, -0.05) is 36.9 Å². The van der Waals surface area contributed by atoms with E-state index in [1.807, 2.05) is 48.5 Å². The average Bonchev–Trinajstić information content (AvgIpc) is 2.61. The van der Waals surface area contributed by atoms with Crippen LogP contribution in [0.1, 0.15) is 11.1 Å². The topological polar surface area (TPSA) is 59.9 Å². The van der Waals surface area contributed by atoms with Crippen LogP contribution in [0.3, 0.4) is 0 Å². The van der Waals surface area contributed by atoms with Crippen LogP contribution in [0, 0.1) is 0 Å². The molecule has 0 heterocycles. The summed E-state index contributed by atoms with van der Waals surface area (Å²) in [7, 11) is 1.61. The zero-order chi connectivity index (χ0) is 17.2. The predicted octanol–water partition coefficient (Wildman–Crippen LogP) is 2.95. The van der Waals surface area contributed by atoms with E-state index >= 15 is 0 Å². The molecule has 24 heavy (non-hydrogen) atoms. The number of nitrogens with one attached hydrogen (secondary N) is 1. The van der Waals surface area contributed by atoms with Gasteiger partial charge in [-0.05, 0) is 35.4 Å². The summed E-state index contributed by atoms with van der Waals surface area (Å²) >= 11 is 0. The van der Waals surface area contributed by atoms with E-state index in [1.54, 1.807) is 19.4 Å². The highest BCUT2D eigenvalue weighted by Gasteiger charge is 2.02. The van der Waals surface area contributed by atoms with Gasteiger partial charge in [-0.15, -0.1) is 0 Å². The molecule has 0 bridgehead atoms. The maximum Gasteiger partial charge on any atom is 0.244 e. The highest BCUT2D eigenvalue weighted by molar-refractivity contribution is 5.83. The molecule has 2 aromatic rings. The van der Waals surface area contributed by atoms with Crippen molar-refractivity contribution in [2.24, 2.45) is 5.10 Å². The number of hydrazone groups is 1. The van der Waals surface area contributed by atoms with Gasteiger partial charge in [-0.25, -0.2) is 5.43 Å². The SMILES string of the molecule is C=CCOc1cccc(/C=N\NC(=O)Cc2ccc(OC)cc2)c1. The molecule has 124 valence electrons. The summed E-state index contributed by atoms with van der Waals surface area (Å²) in [4.78, 5) is 11.9. The second-order valence-electron chi connectivity index (χ2n) is 4.99. The van der Waals surface area contributed by atoms with Crippen molar-refractivity contribution < 1.29 is 14.3 Å². The van der Waals surface area contributed by atoms with E-state index in [1.165, 1.54) is 0 Å². The lowest BCUT2D eigenvalue weighted by Crippen LogP contribution is -2.19. The molecule has 0 unspecified atom stereocenters. The molecule has 0 aliphatic carbocycles. The molecule has 0 saturated carbocycles. The molecule has 0 spiro atoms. The van der Waals surface area contributed by atoms with Crippen molar-refractivity contribution in [1.82, 2.24) is 5.43 Å². The summed E-state index contributed by atoms with van der Waals surface area (Å²) < 4.78 is 10.5. The van der Waals surface area contributed by atoms with Crippen LogP contribution < -0.4 is 14.9 Å². The zero-order valence-corrected chi connectivity index (χ0v) is 13.6. The van der Waals surface area contributed by atoms with E-state index in [0.717, 1.165) is 22.6 Å². The fraction of sp³-hybridized carbons (Fsp3) is 0.158. The summed E-state index contributed by atoms with van der Waals surface area (Å²) in [6.07, 6.45) is 3.51. The molecule has 0 aliphatic rings. The van der Waals surface area contributed by atoms with Crippen LogP contribution in [0.25, 0.3) is 0 Å². The number of methoxy groups -OCH3 is 1. The molecule has 0 radical (unpaired) electrons. The third kappa shape index (κ3) is 5.61. The Balaban J connectivity index is 1.86. The Morgan fingerprint density at radius 2 is 2.00 bits per heavy atom. The summed E-state index contributed by atoms with van der Waals surface area (Å²) in [5.41, 5.74) is 4.24. The van der Waals surface area contributed by atoms with Crippen molar-refractivity contribution in [1.29, 1.82) is 0 Å². The van der Waals surface area contributed by atoms with Crippen LogP contribution in [0.5, 0.6) is 11.5 Å². The van der Waals surface area contributed by atoms with Gasteiger partial charge in [-0.3, -0.25) is 4.79 Å². The molecule has 2 rings (SSSR count). The average molecular weight is 324 g/mol. The van der Waals surface area contributed by atoms with Crippen molar-refractivity contribution in [3.63, 3.8) is 0 Å². The smallest absolute Gasteiger partial charge is 0.244 e. The first-order valence-electron chi connectivity index (χ1n) is 7.50. The monoisotopic (exact) mass is 324 g/mol. The minimum Gasteiger partial charge on any atom is -0.497 e. The van der Waals surface area contributed by atoms with Crippen molar-refractivity contribution in [2.75, 3.05) is 13.7 Å². The quantitative estimate of drug-likeness (QED) is 0.461. The molecule has 0 saturated heterocycles. The third-order valence-corrected chi connectivity index (χ3v) is 3.15. The standard InChI is InChI=1S/C19H20N2O3/c1-3-11-24-18-6-4-5-16(12-18)14-20-21-19(22)13-15-7-9-17(23-2)10-8-15/h3-10,12,14H,1,11,13H2,2H3,(H,21,22)/b20-14-. The maximum atomic E-state index is 11.9. The minimum atomic E-state index is -0.185. The summed E-state index contributed by atoms with van der Waals surface area (Å²) in [6, 6.07) is 14.8. The van der Waals surface area contributed by atoms with Crippen LogP contribution in [0.4, 0.5) is 0 Å². The van der Waals surface area contributed by atoms with Crippen molar-refractivity contribution in [3.8, 4) is 11.5 Å². The molecular weight excluding hydrogens is 304 g/mol. The largest absolute Gasteiger partial charge is 0.497 e. The van der Waals surface area contributed by atoms with Gasteiger partial charge in [0.25, 0.3) is 0 Å². The second kappa shape index (κ2) is 9.15. The number of carbonyl (C=O) groups excluding carboxylic acids is 1. The lowest BCUT2D eigenvalue weighted by molar-refractivity contribution is -0.120. The first-order chi connectivity index (χ1) is 11.7. The zero-order valence-electron chi connectivity index (χ0n) is 13.6. The van der Waals surface area contributed by atoms with Gasteiger partial charge in [0, 0.05) is 0 Å². The predicted molar refractivity (Wildman–Crippen MR) is 94.6 cm³/mol. The summed E-state index contributed by atoms with van der Waals surface area (Å²) in [5.74, 6) is 1.30. The highest BCUT2D eigenvalue weighted by Crippen LogP contribution is 2.12. The second-order valence-corrected chi connectivity index (χ2v) is 4.99. The van der Waals surface area contributed by atoms with Crippen molar-refractivity contribution >= 4 is 12.1 Å². The molecule has 5 heteroatoms. The van der Waals surface area contributed by atoms with Crippen LogP contribution in [0.15, 0.2) is 66.3 Å². The van der Waals surface area contributed by atoms with E-state index in [0.29, 0.717) is 6.61 Å². The van der Waals surface area contributed by atoms with E-state index in [2.05, 4.69) is 17.1 Å². The Bertz CT molecular complexity index is 709. The maximum absolute atomic E-state index is 11.9. The Labute approximate surface area is 141 Å². The van der Waals surface area contributed by atoms with Gasteiger partial charge in [0.2, 0.25) is 5.91 Å². The van der Waals surface area contributed by atoms with E-state index in [4.69, 9.17) is 9.47 Å². The molecule has 5 nitrogen and oxygen atoms in total. The highest BCUT2D eigenvalue weighted by atomic mass is 16.5. The van der Waals surface area contributed by atoms with E-state index in [-0.39, 0.29) is 12.3 Å². The first kappa shape index (κ1) is 17.3. The van der Waals surface area contributed by atoms with Gasteiger partial charge >= 0.3 is 0 Å². The van der Waals surface area contributed by atoms with Crippen molar-refractivity contribution in [3.05, 3.63) is 72.3 Å². The number of benzene rings is 2. The molecule has 1 amide bonds. The van der Waals surface area contributed by atoms with Gasteiger partial charge in [0.1, 0.15) is 18.1 Å². The molecule has 2 aromatic carbocycles. The minimum absolute atomic E-state index is 0.185.